The largest absolute Gasteiger partial charge is 0.350 e. The molecule has 0 saturated carbocycles. The maximum atomic E-state index is 14.1. The van der Waals surface area contributed by atoms with Crippen LogP contribution in [0.25, 0.3) is 10.9 Å². The minimum absolute atomic E-state index is 0.0258. The van der Waals surface area contributed by atoms with Gasteiger partial charge < -0.3 is 9.88 Å². The van der Waals surface area contributed by atoms with E-state index in [1.54, 1.807) is 24.3 Å². The van der Waals surface area contributed by atoms with E-state index in [0.717, 1.165) is 15.8 Å². The van der Waals surface area contributed by atoms with Crippen LogP contribution in [0, 0.1) is 11.6 Å². The summed E-state index contributed by atoms with van der Waals surface area (Å²) in [6.45, 7) is 0.858. The first-order valence-electron chi connectivity index (χ1n) is 9.71. The van der Waals surface area contributed by atoms with E-state index in [9.17, 15) is 13.6 Å². The first-order valence-corrected chi connectivity index (χ1v) is 11.1. The zero-order valence-corrected chi connectivity index (χ0v) is 18.0. The molecule has 0 fully saturated rings. The van der Waals surface area contributed by atoms with Crippen LogP contribution in [0.15, 0.2) is 77.8 Å². The first kappa shape index (κ1) is 21.4. The van der Waals surface area contributed by atoms with Gasteiger partial charge in [-0.15, -0.1) is 11.8 Å². The molecule has 0 aliphatic heterocycles. The molecular formula is C24H19ClF2N2OS. The minimum atomic E-state index is -0.545. The van der Waals surface area contributed by atoms with Crippen LogP contribution in [0.1, 0.15) is 15.9 Å². The highest BCUT2D eigenvalue weighted by Crippen LogP contribution is 2.34. The Morgan fingerprint density at radius 1 is 0.968 bits per heavy atom. The van der Waals surface area contributed by atoms with Crippen LogP contribution >= 0.6 is 23.4 Å². The molecule has 4 rings (SSSR count). The van der Waals surface area contributed by atoms with Crippen molar-refractivity contribution in [3.8, 4) is 0 Å². The normalized spacial score (nSPS) is 11.1. The highest BCUT2D eigenvalue weighted by atomic mass is 35.5. The maximum absolute atomic E-state index is 14.1. The number of para-hydroxylation sites is 1. The SMILES string of the molecule is O=C(NCCn1cc(SCc2c(F)cccc2Cl)c2ccccc21)c1ccccc1F. The number of amides is 1. The van der Waals surface area contributed by atoms with Crippen LogP contribution in [0.4, 0.5) is 8.78 Å². The molecule has 0 atom stereocenters. The van der Waals surface area contributed by atoms with Gasteiger partial charge in [-0.25, -0.2) is 8.78 Å². The molecule has 0 spiro atoms. The van der Waals surface area contributed by atoms with Gasteiger partial charge in [0, 0.05) is 51.4 Å². The number of benzene rings is 3. The summed E-state index contributed by atoms with van der Waals surface area (Å²) in [5, 5.41) is 4.21. The van der Waals surface area contributed by atoms with Crippen molar-refractivity contribution in [1.29, 1.82) is 0 Å². The molecule has 31 heavy (non-hydrogen) atoms. The van der Waals surface area contributed by atoms with Crippen LogP contribution in [0.3, 0.4) is 0 Å². The lowest BCUT2D eigenvalue weighted by molar-refractivity contribution is 0.0948. The number of aromatic nitrogens is 1. The highest BCUT2D eigenvalue weighted by Gasteiger charge is 2.13. The Bertz CT molecular complexity index is 1220. The van der Waals surface area contributed by atoms with E-state index in [1.807, 2.05) is 35.0 Å². The Hall–Kier alpha value is -2.83. The van der Waals surface area contributed by atoms with Gasteiger partial charge in [-0.2, -0.15) is 0 Å². The zero-order valence-electron chi connectivity index (χ0n) is 16.4. The standard InChI is InChI=1S/C24H19ClF2N2OS/c25-19-8-5-10-21(27)18(19)15-31-23-14-29(22-11-4-2-7-17(22)23)13-12-28-24(30)16-6-1-3-9-20(16)26/h1-11,14H,12-13,15H2,(H,28,30). The molecule has 7 heteroatoms. The maximum Gasteiger partial charge on any atom is 0.254 e. The average molecular weight is 457 g/mol. The average Bonchev–Trinajstić information content (AvgIpc) is 3.11. The number of halogens is 3. The van der Waals surface area contributed by atoms with Gasteiger partial charge in [0.1, 0.15) is 11.6 Å². The van der Waals surface area contributed by atoms with Crippen molar-refractivity contribution in [1.82, 2.24) is 9.88 Å². The van der Waals surface area contributed by atoms with E-state index in [-0.39, 0.29) is 11.4 Å². The monoisotopic (exact) mass is 456 g/mol. The van der Waals surface area contributed by atoms with Crippen molar-refractivity contribution in [3.05, 3.63) is 101 Å². The van der Waals surface area contributed by atoms with Crippen LogP contribution in [-0.4, -0.2) is 17.0 Å². The molecule has 0 aliphatic rings. The van der Waals surface area contributed by atoms with Gasteiger partial charge in [-0.05, 0) is 30.3 Å². The summed E-state index contributed by atoms with van der Waals surface area (Å²) in [6.07, 6.45) is 1.99. The smallest absolute Gasteiger partial charge is 0.254 e. The second-order valence-corrected chi connectivity index (χ2v) is 8.35. The number of carbonyl (C=O) groups is 1. The van der Waals surface area contributed by atoms with Crippen LogP contribution in [0.5, 0.6) is 0 Å². The van der Waals surface area contributed by atoms with Crippen molar-refractivity contribution in [2.45, 2.75) is 17.2 Å². The van der Waals surface area contributed by atoms with Gasteiger partial charge in [-0.3, -0.25) is 4.79 Å². The minimum Gasteiger partial charge on any atom is -0.350 e. The molecule has 1 aromatic heterocycles. The summed E-state index contributed by atoms with van der Waals surface area (Å²) in [7, 11) is 0. The molecule has 4 aromatic rings. The van der Waals surface area contributed by atoms with Gasteiger partial charge in [0.25, 0.3) is 5.91 Å². The van der Waals surface area contributed by atoms with Crippen LogP contribution in [-0.2, 0) is 12.3 Å². The molecule has 3 aromatic carbocycles. The highest BCUT2D eigenvalue weighted by molar-refractivity contribution is 7.98. The van der Waals surface area contributed by atoms with Crippen molar-refractivity contribution in [2.24, 2.45) is 0 Å². The fraction of sp³-hybridized carbons (Fsp3) is 0.125. The molecule has 1 N–H and O–H groups in total. The summed E-state index contributed by atoms with van der Waals surface area (Å²) in [4.78, 5) is 13.2. The molecule has 0 unspecified atom stereocenters. The number of hydrogen-bond donors (Lipinski definition) is 1. The lowest BCUT2D eigenvalue weighted by atomic mass is 10.2. The van der Waals surface area contributed by atoms with Crippen molar-refractivity contribution >= 4 is 40.2 Å². The molecule has 0 radical (unpaired) electrons. The van der Waals surface area contributed by atoms with Crippen molar-refractivity contribution in [2.75, 3.05) is 6.54 Å². The van der Waals surface area contributed by atoms with E-state index in [2.05, 4.69) is 5.32 Å². The van der Waals surface area contributed by atoms with E-state index in [0.29, 0.717) is 29.4 Å². The van der Waals surface area contributed by atoms with E-state index < -0.39 is 11.7 Å². The fourth-order valence-corrected chi connectivity index (χ4v) is 4.80. The molecule has 1 heterocycles. The molecule has 0 saturated heterocycles. The van der Waals surface area contributed by atoms with Gasteiger partial charge in [0.15, 0.2) is 0 Å². The molecule has 158 valence electrons. The Balaban J connectivity index is 1.48. The number of carbonyl (C=O) groups excluding carboxylic acids is 1. The van der Waals surface area contributed by atoms with Crippen LogP contribution in [0.2, 0.25) is 5.02 Å². The zero-order chi connectivity index (χ0) is 21.8. The fourth-order valence-electron chi connectivity index (χ4n) is 3.36. The molecule has 0 aliphatic carbocycles. The lowest BCUT2D eigenvalue weighted by Gasteiger charge is -2.08. The summed E-state index contributed by atoms with van der Waals surface area (Å²) in [6, 6.07) is 18.5. The summed E-state index contributed by atoms with van der Waals surface area (Å²) in [5.74, 6) is -0.904. The third-order valence-corrected chi connectivity index (χ3v) is 6.37. The van der Waals surface area contributed by atoms with Gasteiger partial charge in [-0.1, -0.05) is 48.0 Å². The lowest BCUT2D eigenvalue weighted by Crippen LogP contribution is -2.27. The summed E-state index contributed by atoms with van der Waals surface area (Å²) in [5.41, 5.74) is 1.51. The number of rotatable bonds is 7. The van der Waals surface area contributed by atoms with Crippen molar-refractivity contribution in [3.63, 3.8) is 0 Å². The molecular weight excluding hydrogens is 438 g/mol. The third kappa shape index (κ3) is 4.75. The number of fused-ring (bicyclic) bond motifs is 1. The van der Waals surface area contributed by atoms with Crippen molar-refractivity contribution < 1.29 is 13.6 Å². The Labute approximate surface area is 188 Å². The van der Waals surface area contributed by atoms with Crippen LogP contribution < -0.4 is 5.32 Å². The van der Waals surface area contributed by atoms with Gasteiger partial charge >= 0.3 is 0 Å². The molecule has 3 nitrogen and oxygen atoms in total. The topological polar surface area (TPSA) is 34.0 Å². The Morgan fingerprint density at radius 2 is 1.71 bits per heavy atom. The van der Waals surface area contributed by atoms with E-state index >= 15 is 0 Å². The van der Waals surface area contributed by atoms with Gasteiger partial charge in [0.2, 0.25) is 0 Å². The second kappa shape index (κ2) is 9.54. The Morgan fingerprint density at radius 3 is 2.52 bits per heavy atom. The van der Waals surface area contributed by atoms with E-state index in [4.69, 9.17) is 11.6 Å². The first-order chi connectivity index (χ1) is 15.0. The summed E-state index contributed by atoms with van der Waals surface area (Å²) >= 11 is 7.66. The van der Waals surface area contributed by atoms with Gasteiger partial charge in [0.05, 0.1) is 5.56 Å². The quantitative estimate of drug-likeness (QED) is 0.331. The number of thioether (sulfide) groups is 1. The molecule has 1 amide bonds. The predicted molar refractivity (Wildman–Crippen MR) is 122 cm³/mol. The number of nitrogens with zero attached hydrogens (tertiary/aromatic N) is 1. The summed E-state index contributed by atoms with van der Waals surface area (Å²) < 4.78 is 29.9. The molecule has 0 bridgehead atoms. The number of nitrogens with one attached hydrogen (secondary N) is 1. The van der Waals surface area contributed by atoms with E-state index in [1.165, 1.54) is 30.0 Å². The third-order valence-electron chi connectivity index (χ3n) is 4.94. The predicted octanol–water partition coefficient (Wildman–Crippen LogP) is 6.30. The second-order valence-electron chi connectivity index (χ2n) is 6.93. The number of hydrogen-bond acceptors (Lipinski definition) is 2. The Kier molecular flexibility index (Phi) is 6.59.